The van der Waals surface area contributed by atoms with Crippen LogP contribution >= 0.6 is 11.6 Å². The molecule has 1 aliphatic rings. The SMILES string of the molecule is COc1ccc([C@@H](C)NC(=O)c2ccc(Cl)c(S(=O)(=O)N3CCCCCC3)c2)cc1OC. The second-order valence-electron chi connectivity index (χ2n) is 7.77. The topological polar surface area (TPSA) is 84.9 Å². The minimum atomic E-state index is -3.78. The van der Waals surface area contributed by atoms with E-state index < -0.39 is 15.9 Å². The van der Waals surface area contributed by atoms with Gasteiger partial charge in [0.1, 0.15) is 4.90 Å². The number of carbonyl (C=O) groups excluding carboxylic acids is 1. The van der Waals surface area contributed by atoms with Crippen molar-refractivity contribution in [1.82, 2.24) is 9.62 Å². The van der Waals surface area contributed by atoms with Crippen molar-refractivity contribution in [2.45, 2.75) is 43.5 Å². The van der Waals surface area contributed by atoms with E-state index in [0.29, 0.717) is 24.6 Å². The lowest BCUT2D eigenvalue weighted by molar-refractivity contribution is 0.0939. The van der Waals surface area contributed by atoms with Crippen molar-refractivity contribution < 1.29 is 22.7 Å². The van der Waals surface area contributed by atoms with Crippen LogP contribution in [0.25, 0.3) is 0 Å². The van der Waals surface area contributed by atoms with E-state index in [1.165, 1.54) is 22.5 Å². The van der Waals surface area contributed by atoms with Gasteiger partial charge in [-0.05, 0) is 55.7 Å². The number of methoxy groups -OCH3 is 2. The first kappa shape index (κ1) is 24.4. The molecule has 0 radical (unpaired) electrons. The zero-order valence-electron chi connectivity index (χ0n) is 18.6. The molecule has 0 saturated carbocycles. The average molecular weight is 481 g/mol. The van der Waals surface area contributed by atoms with Crippen LogP contribution in [0.3, 0.4) is 0 Å². The standard InChI is InChI=1S/C23H29ClN2O5S/c1-16(17-9-11-20(30-2)21(14-17)31-3)25-23(27)18-8-10-19(24)22(15-18)32(28,29)26-12-6-4-5-7-13-26/h8-11,14-16H,4-7,12-13H2,1-3H3,(H,25,27)/t16-/m1/s1. The predicted molar refractivity (Wildman–Crippen MR) is 124 cm³/mol. The Morgan fingerprint density at radius 3 is 2.28 bits per heavy atom. The fraction of sp³-hybridized carbons (Fsp3) is 0.435. The summed E-state index contributed by atoms with van der Waals surface area (Å²) in [5.74, 6) is 0.760. The smallest absolute Gasteiger partial charge is 0.251 e. The Morgan fingerprint density at radius 2 is 1.66 bits per heavy atom. The molecule has 1 amide bonds. The van der Waals surface area contributed by atoms with Gasteiger partial charge in [0, 0.05) is 18.7 Å². The van der Waals surface area contributed by atoms with Gasteiger partial charge in [0.05, 0.1) is 25.3 Å². The third-order valence-electron chi connectivity index (χ3n) is 5.63. The molecule has 1 saturated heterocycles. The van der Waals surface area contributed by atoms with E-state index in [-0.39, 0.29) is 21.5 Å². The van der Waals surface area contributed by atoms with Gasteiger partial charge < -0.3 is 14.8 Å². The number of sulfonamides is 1. The number of nitrogens with one attached hydrogen (secondary N) is 1. The summed E-state index contributed by atoms with van der Waals surface area (Å²) in [6.45, 7) is 2.76. The molecule has 3 rings (SSSR count). The van der Waals surface area contributed by atoms with Crippen molar-refractivity contribution >= 4 is 27.5 Å². The van der Waals surface area contributed by atoms with Gasteiger partial charge in [-0.2, -0.15) is 4.31 Å². The van der Waals surface area contributed by atoms with Crippen LogP contribution in [0.1, 0.15) is 54.6 Å². The monoisotopic (exact) mass is 480 g/mol. The largest absolute Gasteiger partial charge is 0.493 e. The molecule has 9 heteroatoms. The first-order valence-electron chi connectivity index (χ1n) is 10.6. The Bertz CT molecular complexity index is 1070. The lowest BCUT2D eigenvalue weighted by Crippen LogP contribution is -2.32. The minimum absolute atomic E-state index is 0.0347. The normalized spacial score (nSPS) is 16.1. The van der Waals surface area contributed by atoms with Gasteiger partial charge in [-0.1, -0.05) is 30.5 Å². The molecule has 2 aromatic rings. The van der Waals surface area contributed by atoms with Crippen molar-refractivity contribution in [2.24, 2.45) is 0 Å². The van der Waals surface area contributed by atoms with Crippen LogP contribution in [0.15, 0.2) is 41.3 Å². The van der Waals surface area contributed by atoms with E-state index in [9.17, 15) is 13.2 Å². The molecule has 1 atom stereocenters. The maximum atomic E-state index is 13.2. The van der Waals surface area contributed by atoms with E-state index in [0.717, 1.165) is 31.2 Å². The average Bonchev–Trinajstić information content (AvgIpc) is 3.09. The number of ether oxygens (including phenoxy) is 2. The highest BCUT2D eigenvalue weighted by molar-refractivity contribution is 7.89. The fourth-order valence-electron chi connectivity index (χ4n) is 3.75. The van der Waals surface area contributed by atoms with Gasteiger partial charge in [0.2, 0.25) is 10.0 Å². The number of hydrogen-bond donors (Lipinski definition) is 1. The lowest BCUT2D eigenvalue weighted by Gasteiger charge is -2.21. The Kier molecular flexibility index (Phi) is 8.03. The molecule has 0 unspecified atom stereocenters. The van der Waals surface area contributed by atoms with Crippen LogP contribution in [0, 0.1) is 0 Å². The molecule has 0 aliphatic carbocycles. The van der Waals surface area contributed by atoms with Crippen molar-refractivity contribution in [3.63, 3.8) is 0 Å². The summed E-state index contributed by atoms with van der Waals surface area (Å²) in [6.07, 6.45) is 3.66. The molecule has 174 valence electrons. The first-order valence-corrected chi connectivity index (χ1v) is 12.4. The Labute approximate surface area is 194 Å². The summed E-state index contributed by atoms with van der Waals surface area (Å²) in [6, 6.07) is 9.40. The summed E-state index contributed by atoms with van der Waals surface area (Å²) < 4.78 is 38.4. The summed E-state index contributed by atoms with van der Waals surface area (Å²) in [5, 5.41) is 3.01. The fourth-order valence-corrected chi connectivity index (χ4v) is 5.77. The van der Waals surface area contributed by atoms with E-state index >= 15 is 0 Å². The van der Waals surface area contributed by atoms with Crippen LogP contribution in [0.4, 0.5) is 0 Å². The van der Waals surface area contributed by atoms with Crippen molar-refractivity contribution in [2.75, 3.05) is 27.3 Å². The van der Waals surface area contributed by atoms with Crippen LogP contribution in [-0.4, -0.2) is 45.9 Å². The molecule has 0 aromatic heterocycles. The number of rotatable bonds is 7. The number of hydrogen-bond acceptors (Lipinski definition) is 5. The number of carbonyl (C=O) groups is 1. The molecule has 2 aromatic carbocycles. The van der Waals surface area contributed by atoms with Crippen LogP contribution in [-0.2, 0) is 10.0 Å². The van der Waals surface area contributed by atoms with Crippen molar-refractivity contribution in [3.8, 4) is 11.5 Å². The van der Waals surface area contributed by atoms with Crippen molar-refractivity contribution in [3.05, 3.63) is 52.5 Å². The molecular weight excluding hydrogens is 452 g/mol. The van der Waals surface area contributed by atoms with E-state index in [1.54, 1.807) is 26.4 Å². The third-order valence-corrected chi connectivity index (χ3v) is 8.01. The maximum absolute atomic E-state index is 13.2. The number of amides is 1. The highest BCUT2D eigenvalue weighted by Crippen LogP contribution is 2.31. The van der Waals surface area contributed by atoms with Gasteiger partial charge in [0.25, 0.3) is 5.91 Å². The van der Waals surface area contributed by atoms with E-state index in [1.807, 2.05) is 13.0 Å². The van der Waals surface area contributed by atoms with Crippen LogP contribution < -0.4 is 14.8 Å². The van der Waals surface area contributed by atoms with E-state index in [2.05, 4.69) is 5.32 Å². The quantitative estimate of drug-likeness (QED) is 0.634. The van der Waals surface area contributed by atoms with Gasteiger partial charge in [-0.3, -0.25) is 4.79 Å². The molecule has 1 aliphatic heterocycles. The maximum Gasteiger partial charge on any atom is 0.251 e. The van der Waals surface area contributed by atoms with E-state index in [4.69, 9.17) is 21.1 Å². The Balaban J connectivity index is 1.82. The Hall–Kier alpha value is -2.29. The van der Waals surface area contributed by atoms with Gasteiger partial charge in [-0.25, -0.2) is 8.42 Å². The molecule has 32 heavy (non-hydrogen) atoms. The zero-order valence-corrected chi connectivity index (χ0v) is 20.1. The molecule has 1 heterocycles. The third kappa shape index (κ3) is 5.36. The zero-order chi connectivity index (χ0) is 23.3. The molecule has 1 N–H and O–H groups in total. The second kappa shape index (κ2) is 10.6. The minimum Gasteiger partial charge on any atom is -0.493 e. The summed E-state index contributed by atoms with van der Waals surface area (Å²) in [7, 11) is -0.676. The molecular formula is C23H29ClN2O5S. The molecule has 7 nitrogen and oxygen atoms in total. The lowest BCUT2D eigenvalue weighted by atomic mass is 10.1. The molecule has 1 fully saturated rings. The predicted octanol–water partition coefficient (Wildman–Crippen LogP) is 4.41. The summed E-state index contributed by atoms with van der Waals surface area (Å²) >= 11 is 6.25. The number of benzene rings is 2. The van der Waals surface area contributed by atoms with Gasteiger partial charge in [0.15, 0.2) is 11.5 Å². The molecule has 0 bridgehead atoms. The first-order chi connectivity index (χ1) is 15.3. The van der Waals surface area contributed by atoms with Crippen LogP contribution in [0.5, 0.6) is 11.5 Å². The Morgan fingerprint density at radius 1 is 1.00 bits per heavy atom. The highest BCUT2D eigenvalue weighted by Gasteiger charge is 2.28. The van der Waals surface area contributed by atoms with Gasteiger partial charge in [-0.15, -0.1) is 0 Å². The highest BCUT2D eigenvalue weighted by atomic mass is 35.5. The summed E-state index contributed by atoms with van der Waals surface area (Å²) in [4.78, 5) is 12.9. The summed E-state index contributed by atoms with van der Waals surface area (Å²) in [5.41, 5.74) is 1.05. The molecule has 0 spiro atoms. The van der Waals surface area contributed by atoms with Crippen molar-refractivity contribution in [1.29, 1.82) is 0 Å². The second-order valence-corrected chi connectivity index (χ2v) is 10.1. The number of halogens is 1. The number of nitrogens with zero attached hydrogens (tertiary/aromatic N) is 1. The van der Waals surface area contributed by atoms with Gasteiger partial charge >= 0.3 is 0 Å². The van der Waals surface area contributed by atoms with Crippen LogP contribution in [0.2, 0.25) is 5.02 Å².